The van der Waals surface area contributed by atoms with E-state index in [1.807, 2.05) is 0 Å². The summed E-state index contributed by atoms with van der Waals surface area (Å²) in [5.41, 5.74) is -0.666. The first-order valence-corrected chi connectivity index (χ1v) is 12.4. The number of carbonyl (C=O) groups is 2. The molecule has 13 heteroatoms. The molecule has 1 atom stereocenters. The molecule has 0 aromatic heterocycles. The molecule has 0 spiro atoms. The van der Waals surface area contributed by atoms with Crippen molar-refractivity contribution < 1.29 is 40.0 Å². The van der Waals surface area contributed by atoms with E-state index in [0.717, 1.165) is 28.6 Å². The minimum absolute atomic E-state index is 0.0161. The maximum absolute atomic E-state index is 13.5. The van der Waals surface area contributed by atoms with Gasteiger partial charge in [-0.1, -0.05) is 6.07 Å². The number of piperidine rings is 1. The van der Waals surface area contributed by atoms with E-state index < -0.39 is 57.3 Å². The molecular formula is C23H24F5N3O4S. The van der Waals surface area contributed by atoms with Crippen molar-refractivity contribution in [3.05, 3.63) is 65.2 Å². The van der Waals surface area contributed by atoms with Crippen molar-refractivity contribution in [1.29, 1.82) is 0 Å². The predicted octanol–water partition coefficient (Wildman–Crippen LogP) is 3.00. The second-order valence-electron chi connectivity index (χ2n) is 8.41. The van der Waals surface area contributed by atoms with Crippen LogP contribution in [0.5, 0.6) is 0 Å². The fourth-order valence-electron chi connectivity index (χ4n) is 3.86. The summed E-state index contributed by atoms with van der Waals surface area (Å²) in [5.74, 6) is -3.21. The van der Waals surface area contributed by atoms with Crippen molar-refractivity contribution in [2.24, 2.45) is 0 Å². The largest absolute Gasteiger partial charge is 0.416 e. The summed E-state index contributed by atoms with van der Waals surface area (Å²) < 4.78 is 91.7. The molecule has 0 radical (unpaired) electrons. The fourth-order valence-corrected chi connectivity index (χ4v) is 5.33. The van der Waals surface area contributed by atoms with Gasteiger partial charge in [-0.25, -0.2) is 17.2 Å². The second kappa shape index (κ2) is 10.9. The Labute approximate surface area is 204 Å². The monoisotopic (exact) mass is 533 g/mol. The molecule has 2 aromatic carbocycles. The molecule has 1 aliphatic heterocycles. The van der Waals surface area contributed by atoms with Crippen LogP contribution in [-0.4, -0.2) is 49.7 Å². The number of sulfonamides is 1. The second-order valence-corrected chi connectivity index (χ2v) is 10.4. The van der Waals surface area contributed by atoms with Crippen LogP contribution in [0, 0.1) is 11.6 Å². The molecule has 36 heavy (non-hydrogen) atoms. The minimum atomic E-state index is -4.58. The average Bonchev–Trinajstić information content (AvgIpc) is 2.80. The summed E-state index contributed by atoms with van der Waals surface area (Å²) in [4.78, 5) is 24.1. The molecule has 1 aliphatic rings. The lowest BCUT2D eigenvalue weighted by Gasteiger charge is -2.32. The number of amides is 2. The quantitative estimate of drug-likeness (QED) is 0.535. The first-order valence-electron chi connectivity index (χ1n) is 11.0. The van der Waals surface area contributed by atoms with E-state index >= 15 is 0 Å². The molecule has 3 rings (SSSR count). The summed E-state index contributed by atoms with van der Waals surface area (Å²) in [6.07, 6.45) is -4.23. The first-order chi connectivity index (χ1) is 16.8. The standard InChI is InChI=1S/C23H24F5N3O4S/c1-14(32)29-21(13-15-2-7-19(24)20(25)12-15)22(33)30-17-8-10-31(11-9-17)36(34,35)18-5-3-16(4-6-18)23(26,27)28/h2-7,12,17,21H,8-11,13H2,1H3,(H,29,32)(H,30,33). The van der Waals surface area contributed by atoms with Crippen molar-refractivity contribution in [3.63, 3.8) is 0 Å². The summed E-state index contributed by atoms with van der Waals surface area (Å²) in [6.45, 7) is 1.24. The normalized spacial score (nSPS) is 16.4. The van der Waals surface area contributed by atoms with Crippen LogP contribution in [0.25, 0.3) is 0 Å². The molecule has 1 unspecified atom stereocenters. The SMILES string of the molecule is CC(=O)NC(Cc1ccc(F)c(F)c1)C(=O)NC1CCN(S(=O)(=O)c2ccc(C(F)(F)F)cc2)CC1. The van der Waals surface area contributed by atoms with E-state index in [0.29, 0.717) is 17.7 Å². The van der Waals surface area contributed by atoms with Crippen molar-refractivity contribution in [1.82, 2.24) is 14.9 Å². The number of halogens is 5. The van der Waals surface area contributed by atoms with Crippen LogP contribution in [0.4, 0.5) is 22.0 Å². The van der Waals surface area contributed by atoms with Crippen molar-refractivity contribution in [2.45, 2.75) is 49.3 Å². The lowest BCUT2D eigenvalue weighted by Crippen LogP contribution is -2.53. The number of hydrogen-bond acceptors (Lipinski definition) is 4. The predicted molar refractivity (Wildman–Crippen MR) is 119 cm³/mol. The zero-order valence-electron chi connectivity index (χ0n) is 19.1. The van der Waals surface area contributed by atoms with E-state index in [4.69, 9.17) is 0 Å². The third kappa shape index (κ3) is 6.78. The Hall–Kier alpha value is -3.06. The molecule has 7 nitrogen and oxygen atoms in total. The van der Waals surface area contributed by atoms with Gasteiger partial charge in [0.1, 0.15) is 6.04 Å². The van der Waals surface area contributed by atoms with Crippen molar-refractivity contribution in [2.75, 3.05) is 13.1 Å². The van der Waals surface area contributed by atoms with E-state index in [-0.39, 0.29) is 37.2 Å². The van der Waals surface area contributed by atoms with Gasteiger partial charge >= 0.3 is 6.18 Å². The maximum atomic E-state index is 13.5. The van der Waals surface area contributed by atoms with Crippen LogP contribution in [0.1, 0.15) is 30.9 Å². The van der Waals surface area contributed by atoms with Crippen molar-refractivity contribution >= 4 is 21.8 Å². The smallest absolute Gasteiger partial charge is 0.351 e. The van der Waals surface area contributed by atoms with E-state index in [2.05, 4.69) is 10.6 Å². The highest BCUT2D eigenvalue weighted by Gasteiger charge is 2.33. The Morgan fingerprint density at radius 1 is 1.03 bits per heavy atom. The summed E-state index contributed by atoms with van der Waals surface area (Å²) in [6, 6.07) is 4.86. The third-order valence-corrected chi connectivity index (χ3v) is 7.65. The number of carbonyl (C=O) groups excluding carboxylic acids is 2. The maximum Gasteiger partial charge on any atom is 0.416 e. The van der Waals surface area contributed by atoms with Crippen molar-refractivity contribution in [3.8, 4) is 0 Å². The van der Waals surface area contributed by atoms with Gasteiger partial charge in [0.2, 0.25) is 21.8 Å². The molecule has 2 aromatic rings. The highest BCUT2D eigenvalue weighted by molar-refractivity contribution is 7.89. The van der Waals surface area contributed by atoms with Gasteiger partial charge in [0.05, 0.1) is 10.5 Å². The molecule has 0 bridgehead atoms. The number of hydrogen-bond donors (Lipinski definition) is 2. The van der Waals surface area contributed by atoms with Gasteiger partial charge in [-0.2, -0.15) is 17.5 Å². The highest BCUT2D eigenvalue weighted by Crippen LogP contribution is 2.30. The Morgan fingerprint density at radius 3 is 2.17 bits per heavy atom. The lowest BCUT2D eigenvalue weighted by molar-refractivity contribution is -0.137. The first kappa shape index (κ1) is 27.5. The van der Waals surface area contributed by atoms with Crippen LogP contribution < -0.4 is 10.6 Å². The molecule has 196 valence electrons. The van der Waals surface area contributed by atoms with Gasteiger partial charge in [-0.05, 0) is 54.8 Å². The van der Waals surface area contributed by atoms with Gasteiger partial charge < -0.3 is 10.6 Å². The molecule has 2 N–H and O–H groups in total. The van der Waals surface area contributed by atoms with Crippen LogP contribution in [0.2, 0.25) is 0 Å². The number of rotatable bonds is 7. The number of benzene rings is 2. The highest BCUT2D eigenvalue weighted by atomic mass is 32.2. The molecule has 1 heterocycles. The van der Waals surface area contributed by atoms with Gasteiger partial charge in [-0.15, -0.1) is 0 Å². The Bertz CT molecular complexity index is 1210. The third-order valence-electron chi connectivity index (χ3n) is 5.74. The zero-order chi connectivity index (χ0) is 26.7. The Kier molecular flexibility index (Phi) is 8.34. The minimum Gasteiger partial charge on any atom is -0.351 e. The van der Waals surface area contributed by atoms with Crippen LogP contribution in [0.15, 0.2) is 47.4 Å². The van der Waals surface area contributed by atoms with Gasteiger partial charge in [-0.3, -0.25) is 9.59 Å². The molecule has 0 saturated carbocycles. The van der Waals surface area contributed by atoms with Crippen LogP contribution >= 0.6 is 0 Å². The van der Waals surface area contributed by atoms with E-state index in [1.54, 1.807) is 0 Å². The Morgan fingerprint density at radius 2 is 1.64 bits per heavy atom. The van der Waals surface area contributed by atoms with E-state index in [9.17, 15) is 40.0 Å². The zero-order valence-corrected chi connectivity index (χ0v) is 19.9. The number of nitrogens with one attached hydrogen (secondary N) is 2. The molecule has 1 fully saturated rings. The molecular weight excluding hydrogens is 509 g/mol. The van der Waals surface area contributed by atoms with Crippen LogP contribution in [-0.2, 0) is 32.2 Å². The van der Waals surface area contributed by atoms with Gasteiger partial charge in [0.15, 0.2) is 11.6 Å². The lowest BCUT2D eigenvalue weighted by atomic mass is 10.0. The van der Waals surface area contributed by atoms with Gasteiger partial charge in [0, 0.05) is 32.5 Å². The molecule has 0 aliphatic carbocycles. The Balaban J connectivity index is 1.61. The fraction of sp³-hybridized carbons (Fsp3) is 0.391. The summed E-state index contributed by atoms with van der Waals surface area (Å²) >= 11 is 0. The summed E-state index contributed by atoms with van der Waals surface area (Å²) in [5, 5.41) is 5.21. The molecule has 1 saturated heterocycles. The number of alkyl halides is 3. The van der Waals surface area contributed by atoms with Crippen LogP contribution in [0.3, 0.4) is 0 Å². The summed E-state index contributed by atoms with van der Waals surface area (Å²) in [7, 11) is -4.03. The van der Waals surface area contributed by atoms with E-state index in [1.165, 1.54) is 13.0 Å². The average molecular weight is 534 g/mol. The number of nitrogens with zero attached hydrogens (tertiary/aromatic N) is 1. The molecule has 2 amide bonds. The topological polar surface area (TPSA) is 95.6 Å². The van der Waals surface area contributed by atoms with Gasteiger partial charge in [0.25, 0.3) is 0 Å².